The third kappa shape index (κ3) is 3.08. The second-order valence-electron chi connectivity index (χ2n) is 6.14. The zero-order valence-electron chi connectivity index (χ0n) is 13.5. The van der Waals surface area contributed by atoms with Crippen molar-refractivity contribution in [3.8, 4) is 5.75 Å². The maximum atomic E-state index is 13.0. The number of aromatic hydroxyl groups is 1. The van der Waals surface area contributed by atoms with E-state index < -0.39 is 39.3 Å². The Bertz CT molecular complexity index is 823. The quantitative estimate of drug-likeness (QED) is 0.739. The van der Waals surface area contributed by atoms with Crippen molar-refractivity contribution in [1.82, 2.24) is 9.21 Å². The van der Waals surface area contributed by atoms with Gasteiger partial charge >= 0.3 is 5.97 Å². The second kappa shape index (κ2) is 6.28. The maximum absolute atomic E-state index is 13.0. The molecule has 0 unspecified atom stereocenters. The molecule has 2 aliphatic rings. The molecule has 0 radical (unpaired) electrons. The molecule has 2 bridgehead atoms. The molecular weight excluding hydrogens is 352 g/mol. The van der Waals surface area contributed by atoms with E-state index >= 15 is 0 Å². The van der Waals surface area contributed by atoms with Gasteiger partial charge in [0.25, 0.3) is 0 Å². The van der Waals surface area contributed by atoms with Crippen molar-refractivity contribution in [1.29, 1.82) is 0 Å². The SMILES string of the molecule is CN1C(=O)[C@H]2COC[C@@H]1CN(S(=O)(=O)c1ccc(O)c(C(=O)O)c1)C2. The normalized spacial score (nSPS) is 24.8. The van der Waals surface area contributed by atoms with Gasteiger partial charge in [0, 0.05) is 20.1 Å². The first-order valence-corrected chi connectivity index (χ1v) is 9.06. The highest BCUT2D eigenvalue weighted by Gasteiger charge is 2.41. The summed E-state index contributed by atoms with van der Waals surface area (Å²) in [6.45, 7) is 0.401. The van der Waals surface area contributed by atoms with Crippen LogP contribution in [0.3, 0.4) is 0 Å². The van der Waals surface area contributed by atoms with Crippen LogP contribution in [0.4, 0.5) is 0 Å². The predicted octanol–water partition coefficient (Wildman–Crippen LogP) is -0.432. The van der Waals surface area contributed by atoms with Crippen LogP contribution >= 0.6 is 0 Å². The first kappa shape index (κ1) is 17.6. The molecule has 1 aromatic rings. The molecule has 2 heterocycles. The molecule has 10 heteroatoms. The third-order valence-corrected chi connectivity index (χ3v) is 6.38. The van der Waals surface area contributed by atoms with E-state index in [1.54, 1.807) is 7.05 Å². The van der Waals surface area contributed by atoms with Crippen LogP contribution in [0.25, 0.3) is 0 Å². The Morgan fingerprint density at radius 1 is 1.28 bits per heavy atom. The Morgan fingerprint density at radius 3 is 2.68 bits per heavy atom. The van der Waals surface area contributed by atoms with Crippen molar-refractivity contribution < 1.29 is 33.0 Å². The Labute approximate surface area is 144 Å². The third-order valence-electron chi connectivity index (χ3n) is 4.55. The van der Waals surface area contributed by atoms with Crippen LogP contribution in [0, 0.1) is 5.92 Å². The molecule has 0 aromatic heterocycles. The average molecular weight is 370 g/mol. The lowest BCUT2D eigenvalue weighted by Gasteiger charge is -2.28. The first-order valence-electron chi connectivity index (χ1n) is 7.62. The molecule has 3 rings (SSSR count). The molecule has 0 spiro atoms. The molecule has 2 saturated heterocycles. The lowest BCUT2D eigenvalue weighted by Crippen LogP contribution is -2.45. The van der Waals surface area contributed by atoms with Gasteiger partial charge < -0.3 is 19.8 Å². The smallest absolute Gasteiger partial charge is 0.339 e. The Balaban J connectivity index is 1.99. The lowest BCUT2D eigenvalue weighted by molar-refractivity contribution is -0.133. The number of carboxylic acids is 1. The topological polar surface area (TPSA) is 124 Å². The highest BCUT2D eigenvalue weighted by atomic mass is 32.2. The summed E-state index contributed by atoms with van der Waals surface area (Å²) in [4.78, 5) is 24.7. The zero-order chi connectivity index (χ0) is 18.4. The molecule has 1 aromatic carbocycles. The zero-order valence-corrected chi connectivity index (χ0v) is 14.3. The second-order valence-corrected chi connectivity index (χ2v) is 8.08. The monoisotopic (exact) mass is 370 g/mol. The highest BCUT2D eigenvalue weighted by Crippen LogP contribution is 2.27. The number of carbonyl (C=O) groups excluding carboxylic acids is 1. The molecule has 2 atom stereocenters. The Kier molecular flexibility index (Phi) is 4.43. The van der Waals surface area contributed by atoms with Gasteiger partial charge in [0.1, 0.15) is 11.3 Å². The number of aromatic carboxylic acids is 1. The number of rotatable bonds is 3. The number of carboxylic acid groups (broad SMARTS) is 1. The molecule has 0 aliphatic carbocycles. The van der Waals surface area contributed by atoms with Gasteiger partial charge in [0.05, 0.1) is 30.1 Å². The van der Waals surface area contributed by atoms with Crippen LogP contribution in [-0.2, 0) is 19.6 Å². The van der Waals surface area contributed by atoms with Crippen molar-refractivity contribution in [2.24, 2.45) is 5.92 Å². The van der Waals surface area contributed by atoms with Crippen molar-refractivity contribution in [2.45, 2.75) is 10.9 Å². The number of hydrogen-bond acceptors (Lipinski definition) is 6. The van der Waals surface area contributed by atoms with E-state index in [0.29, 0.717) is 0 Å². The Hall–Kier alpha value is -2.17. The van der Waals surface area contributed by atoms with E-state index in [2.05, 4.69) is 0 Å². The van der Waals surface area contributed by atoms with E-state index in [0.717, 1.165) is 18.2 Å². The van der Waals surface area contributed by atoms with E-state index in [4.69, 9.17) is 9.84 Å². The molecular formula is C15H18N2O7S. The number of benzene rings is 1. The maximum Gasteiger partial charge on any atom is 0.339 e. The minimum atomic E-state index is -4.02. The molecule has 0 saturated carbocycles. The summed E-state index contributed by atoms with van der Waals surface area (Å²) in [6.07, 6.45) is 0. The standard InChI is InChI=1S/C15H18N2O7S/c1-16-10-6-17(5-9(14(16)19)7-24-8-10)25(22,23)11-2-3-13(18)12(4-11)15(20)21/h2-4,9-10,18H,5-8H2,1H3,(H,20,21)/t9-,10+/m1/s1. The highest BCUT2D eigenvalue weighted by molar-refractivity contribution is 7.89. The molecule has 2 fully saturated rings. The first-order chi connectivity index (χ1) is 11.7. The van der Waals surface area contributed by atoms with Crippen molar-refractivity contribution in [3.63, 3.8) is 0 Å². The van der Waals surface area contributed by atoms with E-state index in [9.17, 15) is 23.1 Å². The van der Waals surface area contributed by atoms with Gasteiger partial charge in [-0.25, -0.2) is 13.2 Å². The summed E-state index contributed by atoms with van der Waals surface area (Å²) in [6, 6.07) is 2.70. The van der Waals surface area contributed by atoms with Gasteiger partial charge in [-0.15, -0.1) is 0 Å². The number of sulfonamides is 1. The minimum absolute atomic E-state index is 0.0364. The van der Waals surface area contributed by atoms with Gasteiger partial charge in [0.2, 0.25) is 15.9 Å². The van der Waals surface area contributed by atoms with Crippen LogP contribution in [-0.4, -0.2) is 79.1 Å². The van der Waals surface area contributed by atoms with Gasteiger partial charge in [-0.05, 0) is 18.2 Å². The number of ether oxygens (including phenoxy) is 1. The van der Waals surface area contributed by atoms with Crippen LogP contribution in [0.5, 0.6) is 5.75 Å². The van der Waals surface area contributed by atoms with Crippen molar-refractivity contribution in [3.05, 3.63) is 23.8 Å². The minimum Gasteiger partial charge on any atom is -0.507 e. The van der Waals surface area contributed by atoms with E-state index in [1.165, 1.54) is 9.21 Å². The van der Waals surface area contributed by atoms with Crippen molar-refractivity contribution in [2.75, 3.05) is 33.4 Å². The summed E-state index contributed by atoms with van der Waals surface area (Å²) >= 11 is 0. The summed E-state index contributed by atoms with van der Waals surface area (Å²) in [5.41, 5.74) is -0.493. The number of likely N-dealkylation sites (N-methyl/N-ethyl adjacent to an activating group) is 1. The van der Waals surface area contributed by atoms with E-state index in [1.807, 2.05) is 0 Å². The largest absolute Gasteiger partial charge is 0.507 e. The number of fused-ring (bicyclic) bond motifs is 3. The predicted molar refractivity (Wildman–Crippen MR) is 84.7 cm³/mol. The average Bonchev–Trinajstić information content (AvgIpc) is 2.72. The number of phenols is 1. The summed E-state index contributed by atoms with van der Waals surface area (Å²) < 4.78 is 32.5. The number of amides is 1. The van der Waals surface area contributed by atoms with Crippen LogP contribution < -0.4 is 0 Å². The van der Waals surface area contributed by atoms with Gasteiger partial charge in [-0.2, -0.15) is 4.31 Å². The summed E-state index contributed by atoms with van der Waals surface area (Å²) in [5.74, 6) is -2.71. The molecule has 2 aliphatic heterocycles. The number of nitrogens with zero attached hydrogens (tertiary/aromatic N) is 2. The van der Waals surface area contributed by atoms with Gasteiger partial charge in [0.15, 0.2) is 0 Å². The fourth-order valence-electron chi connectivity index (χ4n) is 3.05. The van der Waals surface area contributed by atoms with Crippen LogP contribution in [0.15, 0.2) is 23.1 Å². The Morgan fingerprint density at radius 2 is 2.00 bits per heavy atom. The lowest BCUT2D eigenvalue weighted by atomic mass is 10.1. The summed E-state index contributed by atoms with van der Waals surface area (Å²) in [5, 5.41) is 18.6. The van der Waals surface area contributed by atoms with Crippen LogP contribution in [0.2, 0.25) is 0 Å². The molecule has 25 heavy (non-hydrogen) atoms. The molecule has 1 amide bonds. The fourth-order valence-corrected chi connectivity index (χ4v) is 4.60. The molecule has 2 N–H and O–H groups in total. The van der Waals surface area contributed by atoms with Crippen molar-refractivity contribution >= 4 is 21.9 Å². The number of hydrogen-bond donors (Lipinski definition) is 2. The van der Waals surface area contributed by atoms with Gasteiger partial charge in [-0.3, -0.25) is 4.79 Å². The summed E-state index contributed by atoms with van der Waals surface area (Å²) in [7, 11) is -2.40. The van der Waals surface area contributed by atoms with E-state index in [-0.39, 0.29) is 37.1 Å². The fraction of sp³-hybridized carbons (Fsp3) is 0.467. The molecule has 136 valence electrons. The van der Waals surface area contributed by atoms with Crippen LogP contribution in [0.1, 0.15) is 10.4 Å². The van der Waals surface area contributed by atoms with Gasteiger partial charge in [-0.1, -0.05) is 0 Å². The molecule has 9 nitrogen and oxygen atoms in total. The number of carbonyl (C=O) groups is 2.